The number of carbonyl (C=O) groups excluding carboxylic acids is 2. The molecule has 2 amide bonds. The number of hydrogen-bond donors (Lipinski definition) is 3. The maximum Gasteiger partial charge on any atom is 0.243 e. The summed E-state index contributed by atoms with van der Waals surface area (Å²) in [6.45, 7) is 1.15. The first-order valence-corrected chi connectivity index (χ1v) is 13.5. The van der Waals surface area contributed by atoms with Crippen molar-refractivity contribution in [3.05, 3.63) is 59.9 Å². The highest BCUT2D eigenvalue weighted by Crippen LogP contribution is 2.28. The minimum absolute atomic E-state index is 0.00781. The van der Waals surface area contributed by atoms with Gasteiger partial charge in [0.15, 0.2) is 0 Å². The lowest BCUT2D eigenvalue weighted by atomic mass is 9.81. The van der Waals surface area contributed by atoms with E-state index in [0.717, 1.165) is 68.2 Å². The Morgan fingerprint density at radius 2 is 1.61 bits per heavy atom. The molecule has 36 heavy (non-hydrogen) atoms. The Bertz CT molecular complexity index is 952. The highest BCUT2D eigenvalue weighted by Gasteiger charge is 2.30. The number of ether oxygens (including phenoxy) is 1. The monoisotopic (exact) mass is 492 g/mol. The quantitative estimate of drug-likeness (QED) is 0.466. The van der Waals surface area contributed by atoms with Crippen LogP contribution in [-0.2, 0) is 22.6 Å². The van der Waals surface area contributed by atoms with Gasteiger partial charge in [-0.15, -0.1) is 0 Å². The molecule has 0 saturated heterocycles. The molecule has 7 nitrogen and oxygen atoms in total. The van der Waals surface area contributed by atoms with Gasteiger partial charge >= 0.3 is 0 Å². The smallest absolute Gasteiger partial charge is 0.243 e. The molecule has 2 fully saturated rings. The fourth-order valence-corrected chi connectivity index (χ4v) is 5.31. The molecule has 0 unspecified atom stereocenters. The molecule has 2 saturated carbocycles. The second-order valence-electron chi connectivity index (χ2n) is 10.4. The van der Waals surface area contributed by atoms with E-state index in [9.17, 15) is 9.59 Å². The summed E-state index contributed by atoms with van der Waals surface area (Å²) >= 11 is 0. The van der Waals surface area contributed by atoms with Gasteiger partial charge in [0.25, 0.3) is 0 Å². The maximum atomic E-state index is 13.3. The zero-order valence-corrected chi connectivity index (χ0v) is 21.2. The lowest BCUT2D eigenvalue weighted by molar-refractivity contribution is -0.132. The second kappa shape index (κ2) is 13.4. The number of nitrogens with one attached hydrogen (secondary N) is 2. The molecule has 4 N–H and O–H groups in total. The van der Waals surface area contributed by atoms with Crippen LogP contribution in [0.1, 0.15) is 68.9 Å². The average Bonchev–Trinajstić information content (AvgIpc) is 2.93. The molecule has 194 valence electrons. The number of nitrogens with two attached hydrogens (primary N) is 1. The number of nitrogens with zero attached hydrogens (tertiary/aromatic N) is 1. The summed E-state index contributed by atoms with van der Waals surface area (Å²) in [6.07, 6.45) is 13.1. The Morgan fingerprint density at radius 3 is 2.28 bits per heavy atom. The topological polar surface area (TPSA) is 106 Å². The van der Waals surface area contributed by atoms with Crippen molar-refractivity contribution in [2.45, 2.75) is 82.9 Å². The first-order valence-electron chi connectivity index (χ1n) is 13.5. The van der Waals surface area contributed by atoms with Gasteiger partial charge in [-0.25, -0.2) is 0 Å². The van der Waals surface area contributed by atoms with Gasteiger partial charge in [0.2, 0.25) is 11.8 Å². The van der Waals surface area contributed by atoms with Gasteiger partial charge in [0.1, 0.15) is 18.4 Å². The van der Waals surface area contributed by atoms with Crippen LogP contribution in [0.5, 0.6) is 5.75 Å². The molecular formula is C29H40N4O3. The summed E-state index contributed by atoms with van der Waals surface area (Å²) in [5.74, 6) is 1.15. The summed E-state index contributed by atoms with van der Waals surface area (Å²) in [7, 11) is 0. The van der Waals surface area contributed by atoms with Gasteiger partial charge in [0.05, 0.1) is 0 Å². The van der Waals surface area contributed by atoms with Gasteiger partial charge in [-0.05, 0) is 86.4 Å². The van der Waals surface area contributed by atoms with Crippen LogP contribution in [0, 0.1) is 11.8 Å². The van der Waals surface area contributed by atoms with E-state index in [2.05, 4.69) is 15.6 Å². The number of carbonyl (C=O) groups is 2. The van der Waals surface area contributed by atoms with E-state index in [0.29, 0.717) is 25.5 Å². The normalized spacial score (nSPS) is 21.4. The van der Waals surface area contributed by atoms with Gasteiger partial charge < -0.3 is 21.1 Å². The molecule has 1 aromatic heterocycles. The molecule has 1 heterocycles. The van der Waals surface area contributed by atoms with E-state index in [1.807, 2.05) is 36.4 Å². The van der Waals surface area contributed by atoms with Crippen molar-refractivity contribution >= 4 is 11.8 Å². The number of amides is 2. The SMILES string of the molecule is NCC1CCC(C(=O)N[C@@H](Cc2ccc(OCc3ccncc3)cc2)C(=O)NC2CCCCC2)CC1. The molecule has 2 aliphatic carbocycles. The number of rotatable bonds is 10. The van der Waals surface area contributed by atoms with E-state index >= 15 is 0 Å². The molecular weight excluding hydrogens is 452 g/mol. The Labute approximate surface area is 214 Å². The fourth-order valence-electron chi connectivity index (χ4n) is 5.31. The van der Waals surface area contributed by atoms with Crippen LogP contribution in [0.3, 0.4) is 0 Å². The highest BCUT2D eigenvalue weighted by atomic mass is 16.5. The van der Waals surface area contributed by atoms with Crippen molar-refractivity contribution in [3.8, 4) is 5.75 Å². The Morgan fingerprint density at radius 1 is 0.917 bits per heavy atom. The van der Waals surface area contributed by atoms with Crippen LogP contribution in [0.25, 0.3) is 0 Å². The van der Waals surface area contributed by atoms with Crippen LogP contribution in [-0.4, -0.2) is 35.4 Å². The molecule has 4 rings (SSSR count). The first kappa shape index (κ1) is 26.1. The molecule has 2 aliphatic rings. The van der Waals surface area contributed by atoms with E-state index < -0.39 is 6.04 Å². The van der Waals surface area contributed by atoms with Crippen LogP contribution >= 0.6 is 0 Å². The summed E-state index contributed by atoms with van der Waals surface area (Å²) in [6, 6.07) is 11.3. The van der Waals surface area contributed by atoms with Crippen molar-refractivity contribution in [1.29, 1.82) is 0 Å². The predicted molar refractivity (Wildman–Crippen MR) is 140 cm³/mol. The Kier molecular flexibility index (Phi) is 9.73. The van der Waals surface area contributed by atoms with E-state index in [-0.39, 0.29) is 23.8 Å². The largest absolute Gasteiger partial charge is 0.489 e. The van der Waals surface area contributed by atoms with Crippen molar-refractivity contribution in [3.63, 3.8) is 0 Å². The van der Waals surface area contributed by atoms with Crippen LogP contribution in [0.15, 0.2) is 48.8 Å². The third-order valence-electron chi connectivity index (χ3n) is 7.65. The number of pyridine rings is 1. The molecule has 0 bridgehead atoms. The Balaban J connectivity index is 1.37. The molecule has 0 aliphatic heterocycles. The Hall–Kier alpha value is -2.93. The maximum absolute atomic E-state index is 13.3. The molecule has 1 aromatic carbocycles. The standard InChI is InChI=1S/C29H40N4O3/c30-19-22-6-10-24(11-7-22)28(34)33-27(29(35)32-25-4-2-1-3-5-25)18-21-8-12-26(13-9-21)36-20-23-14-16-31-17-15-23/h8-9,12-17,22,24-25,27H,1-7,10-11,18-20,30H2,(H,32,35)(H,33,34)/t22?,24?,27-/m0/s1. The molecule has 7 heteroatoms. The second-order valence-corrected chi connectivity index (χ2v) is 10.4. The number of hydrogen-bond acceptors (Lipinski definition) is 5. The lowest BCUT2D eigenvalue weighted by Crippen LogP contribution is -2.52. The molecule has 1 atom stereocenters. The number of aromatic nitrogens is 1. The summed E-state index contributed by atoms with van der Waals surface area (Å²) < 4.78 is 5.88. The predicted octanol–water partition coefficient (Wildman–Crippen LogP) is 3.90. The first-order chi connectivity index (χ1) is 17.6. The third-order valence-corrected chi connectivity index (χ3v) is 7.65. The van der Waals surface area contributed by atoms with E-state index in [1.165, 1.54) is 6.42 Å². The molecule has 0 spiro atoms. The minimum atomic E-state index is -0.588. The van der Waals surface area contributed by atoms with Crippen molar-refractivity contribution < 1.29 is 14.3 Å². The number of benzene rings is 1. The van der Waals surface area contributed by atoms with Gasteiger partial charge in [-0.3, -0.25) is 14.6 Å². The van der Waals surface area contributed by atoms with Crippen LogP contribution in [0.4, 0.5) is 0 Å². The lowest BCUT2D eigenvalue weighted by Gasteiger charge is -2.29. The van der Waals surface area contributed by atoms with Crippen LogP contribution < -0.4 is 21.1 Å². The van der Waals surface area contributed by atoms with Crippen molar-refractivity contribution in [2.24, 2.45) is 17.6 Å². The van der Waals surface area contributed by atoms with E-state index in [4.69, 9.17) is 10.5 Å². The van der Waals surface area contributed by atoms with E-state index in [1.54, 1.807) is 12.4 Å². The van der Waals surface area contributed by atoms with Crippen molar-refractivity contribution in [2.75, 3.05) is 6.54 Å². The van der Waals surface area contributed by atoms with Gasteiger partial charge in [-0.2, -0.15) is 0 Å². The molecule has 2 aromatic rings. The average molecular weight is 493 g/mol. The zero-order valence-electron chi connectivity index (χ0n) is 21.2. The summed E-state index contributed by atoms with van der Waals surface area (Å²) in [5.41, 5.74) is 7.85. The zero-order chi connectivity index (χ0) is 25.2. The summed E-state index contributed by atoms with van der Waals surface area (Å²) in [4.78, 5) is 30.4. The van der Waals surface area contributed by atoms with Gasteiger partial charge in [-0.1, -0.05) is 31.4 Å². The highest BCUT2D eigenvalue weighted by molar-refractivity contribution is 5.89. The third kappa shape index (κ3) is 7.79. The van der Waals surface area contributed by atoms with Crippen molar-refractivity contribution in [1.82, 2.24) is 15.6 Å². The van der Waals surface area contributed by atoms with Crippen LogP contribution in [0.2, 0.25) is 0 Å². The minimum Gasteiger partial charge on any atom is -0.489 e. The fraction of sp³-hybridized carbons (Fsp3) is 0.552. The summed E-state index contributed by atoms with van der Waals surface area (Å²) in [5, 5.41) is 6.31. The van der Waals surface area contributed by atoms with Gasteiger partial charge in [0, 0.05) is 30.8 Å². The molecule has 0 radical (unpaired) electrons.